The molecule has 5 rings (SSSR count). The van der Waals surface area contributed by atoms with E-state index >= 15 is 0 Å². The first kappa shape index (κ1) is 23.0. The van der Waals surface area contributed by atoms with E-state index < -0.39 is 5.60 Å². The van der Waals surface area contributed by atoms with Crippen molar-refractivity contribution in [1.82, 2.24) is 14.9 Å². The molecule has 180 valence electrons. The van der Waals surface area contributed by atoms with E-state index in [1.54, 1.807) is 0 Å². The molecule has 3 heterocycles. The van der Waals surface area contributed by atoms with Gasteiger partial charge >= 0.3 is 0 Å². The topological polar surface area (TPSA) is 89.0 Å². The Labute approximate surface area is 202 Å². The Balaban J connectivity index is 1.28. The Morgan fingerprint density at radius 1 is 1.12 bits per heavy atom. The van der Waals surface area contributed by atoms with Crippen LogP contribution in [0.1, 0.15) is 68.9 Å². The number of rotatable bonds is 7. The van der Waals surface area contributed by atoms with Gasteiger partial charge in [0.1, 0.15) is 6.33 Å². The van der Waals surface area contributed by atoms with Crippen molar-refractivity contribution in [2.45, 2.75) is 63.4 Å². The fourth-order valence-electron chi connectivity index (χ4n) is 5.81. The molecule has 1 unspecified atom stereocenters. The third-order valence-corrected chi connectivity index (χ3v) is 7.83. The molecule has 0 amide bonds. The summed E-state index contributed by atoms with van der Waals surface area (Å²) >= 11 is 0. The van der Waals surface area contributed by atoms with E-state index in [4.69, 9.17) is 15.5 Å². The van der Waals surface area contributed by atoms with Crippen molar-refractivity contribution in [1.29, 1.82) is 0 Å². The third-order valence-electron chi connectivity index (χ3n) is 7.83. The highest BCUT2D eigenvalue weighted by Crippen LogP contribution is 2.40. The lowest BCUT2D eigenvalue weighted by atomic mass is 9.77. The molecule has 1 saturated heterocycles. The zero-order valence-electron chi connectivity index (χ0n) is 20.2. The highest BCUT2D eigenvalue weighted by atomic mass is 16.5. The van der Waals surface area contributed by atoms with Crippen molar-refractivity contribution in [2.24, 2.45) is 15.9 Å². The van der Waals surface area contributed by atoms with Gasteiger partial charge in [-0.1, -0.05) is 24.3 Å². The molecule has 7 heteroatoms. The Kier molecular flexibility index (Phi) is 6.63. The number of likely N-dealkylation sites (tertiary alicyclic amines) is 1. The number of nitrogen functional groups attached to an aromatic ring is 1. The molecule has 1 aliphatic carbocycles. The van der Waals surface area contributed by atoms with Gasteiger partial charge in [-0.05, 0) is 95.6 Å². The van der Waals surface area contributed by atoms with Crippen LogP contribution in [-0.4, -0.2) is 59.1 Å². The molecule has 7 nitrogen and oxygen atoms in total. The number of ether oxygens (including phenoxy) is 1. The summed E-state index contributed by atoms with van der Waals surface area (Å²) in [4.78, 5) is 19.9. The molecular weight excluding hydrogens is 424 g/mol. The average Bonchev–Trinajstić information content (AvgIpc) is 3.37. The number of hydrogen-bond donors (Lipinski definition) is 1. The van der Waals surface area contributed by atoms with Crippen molar-refractivity contribution in [2.75, 3.05) is 31.9 Å². The molecule has 2 aromatic rings. The maximum absolute atomic E-state index is 6.23. The lowest BCUT2D eigenvalue weighted by molar-refractivity contribution is 0.160. The zero-order valence-corrected chi connectivity index (χ0v) is 20.2. The standard InChI is InChI=1S/C27H36N6O/c1-27(17-29-2)24(32-23-25(28)30-18-31-26(23)34-27)22-11-9-21(10-12-22)20-7-5-19(6-8-20)13-16-33-14-3-4-15-33/h9-12,18-20H,2-8,13-17H2,1H3,(H2,28,30,31). The van der Waals surface area contributed by atoms with Gasteiger partial charge in [-0.3, -0.25) is 4.99 Å². The average molecular weight is 461 g/mol. The fraction of sp³-hybridized carbons (Fsp3) is 0.556. The Bertz CT molecular complexity index is 1040. The van der Waals surface area contributed by atoms with Crippen LogP contribution in [0.2, 0.25) is 0 Å². The van der Waals surface area contributed by atoms with E-state index in [0.717, 1.165) is 17.2 Å². The van der Waals surface area contributed by atoms with Gasteiger partial charge in [0.2, 0.25) is 5.88 Å². The Morgan fingerprint density at radius 2 is 1.85 bits per heavy atom. The zero-order chi connectivity index (χ0) is 23.5. The van der Waals surface area contributed by atoms with Crippen LogP contribution in [0.15, 0.2) is 40.6 Å². The molecule has 0 radical (unpaired) electrons. The van der Waals surface area contributed by atoms with E-state index in [9.17, 15) is 0 Å². The smallest absolute Gasteiger partial charge is 0.246 e. The van der Waals surface area contributed by atoms with Crippen molar-refractivity contribution >= 4 is 23.9 Å². The minimum atomic E-state index is -0.759. The van der Waals surface area contributed by atoms with Crippen LogP contribution in [-0.2, 0) is 0 Å². The summed E-state index contributed by atoms with van der Waals surface area (Å²) < 4.78 is 6.23. The molecule has 2 fully saturated rings. The van der Waals surface area contributed by atoms with E-state index in [2.05, 4.69) is 50.8 Å². The number of fused-ring (bicyclic) bond motifs is 1. The van der Waals surface area contributed by atoms with Crippen LogP contribution in [0, 0.1) is 5.92 Å². The third kappa shape index (κ3) is 4.71. The van der Waals surface area contributed by atoms with Crippen molar-refractivity contribution in [3.05, 3.63) is 41.7 Å². The minimum Gasteiger partial charge on any atom is -0.461 e. The van der Waals surface area contributed by atoms with E-state index in [1.807, 2.05) is 6.92 Å². The summed E-state index contributed by atoms with van der Waals surface area (Å²) in [5.41, 5.74) is 8.99. The second kappa shape index (κ2) is 9.82. The van der Waals surface area contributed by atoms with Crippen molar-refractivity contribution in [3.63, 3.8) is 0 Å². The SMILES string of the molecule is C=NCC1(C)Oc2ncnc(N)c2N=C1c1ccc(C2CCC(CCN3CCCC3)CC2)cc1. The van der Waals surface area contributed by atoms with Gasteiger partial charge in [0.05, 0.1) is 12.3 Å². The molecule has 1 aromatic heterocycles. The maximum atomic E-state index is 6.23. The summed E-state index contributed by atoms with van der Waals surface area (Å²) in [7, 11) is 0. The number of aromatic nitrogens is 2. The van der Waals surface area contributed by atoms with Crippen LogP contribution in [0.5, 0.6) is 5.88 Å². The summed E-state index contributed by atoms with van der Waals surface area (Å²) in [5.74, 6) is 2.24. The number of nitrogens with zero attached hydrogens (tertiary/aromatic N) is 5. The monoisotopic (exact) mass is 460 g/mol. The quantitative estimate of drug-likeness (QED) is 0.600. The molecule has 3 aliphatic rings. The van der Waals surface area contributed by atoms with Crippen molar-refractivity contribution in [3.8, 4) is 5.88 Å². The highest BCUT2D eigenvalue weighted by molar-refractivity contribution is 6.09. The number of aliphatic imine (C=N–C) groups is 2. The second-order valence-electron chi connectivity index (χ2n) is 10.3. The van der Waals surface area contributed by atoms with Gasteiger partial charge in [-0.2, -0.15) is 4.98 Å². The van der Waals surface area contributed by atoms with E-state index in [1.165, 1.54) is 76.5 Å². The van der Waals surface area contributed by atoms with Crippen LogP contribution in [0.4, 0.5) is 11.5 Å². The van der Waals surface area contributed by atoms with Gasteiger partial charge in [0.25, 0.3) is 0 Å². The lowest BCUT2D eigenvalue weighted by Crippen LogP contribution is -2.46. The van der Waals surface area contributed by atoms with Gasteiger partial charge in [0.15, 0.2) is 17.1 Å². The second-order valence-corrected chi connectivity index (χ2v) is 10.3. The molecule has 0 bridgehead atoms. The van der Waals surface area contributed by atoms with Gasteiger partial charge in [-0.15, -0.1) is 0 Å². The highest BCUT2D eigenvalue weighted by Gasteiger charge is 2.39. The number of anilines is 1. The first-order valence-electron chi connectivity index (χ1n) is 12.7. The normalized spacial score (nSPS) is 27.0. The molecule has 2 aliphatic heterocycles. The van der Waals surface area contributed by atoms with Gasteiger partial charge in [0, 0.05) is 5.56 Å². The molecule has 1 saturated carbocycles. The van der Waals surface area contributed by atoms with Gasteiger partial charge in [-0.25, -0.2) is 9.98 Å². The summed E-state index contributed by atoms with van der Waals surface area (Å²) in [5, 5.41) is 0. The molecule has 34 heavy (non-hydrogen) atoms. The predicted octanol–water partition coefficient (Wildman–Crippen LogP) is 4.79. The van der Waals surface area contributed by atoms with E-state index in [-0.39, 0.29) is 0 Å². The number of nitrogens with two attached hydrogens (primary N) is 1. The van der Waals surface area contributed by atoms with Crippen LogP contribution in [0.3, 0.4) is 0 Å². The first-order valence-corrected chi connectivity index (χ1v) is 12.7. The van der Waals surface area contributed by atoms with Gasteiger partial charge < -0.3 is 15.4 Å². The molecular formula is C27H36N6O. The van der Waals surface area contributed by atoms with Crippen molar-refractivity contribution < 1.29 is 4.74 Å². The summed E-state index contributed by atoms with van der Waals surface area (Å²) in [6.45, 7) is 9.94. The molecule has 0 spiro atoms. The largest absolute Gasteiger partial charge is 0.461 e. The maximum Gasteiger partial charge on any atom is 0.246 e. The molecule has 1 atom stereocenters. The first-order chi connectivity index (χ1) is 16.6. The predicted molar refractivity (Wildman–Crippen MR) is 138 cm³/mol. The lowest BCUT2D eigenvalue weighted by Gasteiger charge is -2.34. The van der Waals surface area contributed by atoms with E-state index in [0.29, 0.717) is 29.8 Å². The van der Waals surface area contributed by atoms with Crippen LogP contribution < -0.4 is 10.5 Å². The molecule has 2 N–H and O–H groups in total. The van der Waals surface area contributed by atoms with Crippen LogP contribution >= 0.6 is 0 Å². The fourth-order valence-corrected chi connectivity index (χ4v) is 5.81. The minimum absolute atomic E-state index is 0.314. The number of hydrogen-bond acceptors (Lipinski definition) is 7. The van der Waals surface area contributed by atoms with Crippen LogP contribution in [0.25, 0.3) is 0 Å². The Morgan fingerprint density at radius 3 is 2.56 bits per heavy atom. The Hall–Kier alpha value is -2.80. The molecule has 1 aromatic carbocycles. The number of benzene rings is 1. The summed E-state index contributed by atoms with van der Waals surface area (Å²) in [6, 6.07) is 8.83. The summed E-state index contributed by atoms with van der Waals surface area (Å²) in [6.07, 6.45) is 10.8.